The molecule has 0 saturated carbocycles. The van der Waals surface area contributed by atoms with Crippen molar-refractivity contribution in [3.63, 3.8) is 0 Å². The highest BCUT2D eigenvalue weighted by atomic mass is 32.1. The molecule has 0 aromatic heterocycles. The van der Waals surface area contributed by atoms with Gasteiger partial charge in [0.15, 0.2) is 0 Å². The second-order valence-corrected chi connectivity index (χ2v) is 2.17. The predicted molar refractivity (Wildman–Crippen MR) is 33.6 cm³/mol. The zero-order valence-corrected chi connectivity index (χ0v) is 5.10. The van der Waals surface area contributed by atoms with E-state index in [1.165, 1.54) is 0 Å². The summed E-state index contributed by atoms with van der Waals surface area (Å²) in [6.07, 6.45) is 1.74. The van der Waals surface area contributed by atoms with Gasteiger partial charge in [-0.15, -0.1) is 0 Å². The molecule has 0 radical (unpaired) electrons. The van der Waals surface area contributed by atoms with Gasteiger partial charge in [0.05, 0.1) is 18.9 Å². The van der Waals surface area contributed by atoms with Gasteiger partial charge in [-0.1, -0.05) is 12.8 Å². The smallest absolute Gasteiger partial charge is 0.0951 e. The lowest BCUT2D eigenvalue weighted by Crippen LogP contribution is -2.18. The van der Waals surface area contributed by atoms with Gasteiger partial charge in [0, 0.05) is 0 Å². The molecule has 0 amide bonds. The first kappa shape index (κ1) is 4.97. The summed E-state index contributed by atoms with van der Waals surface area (Å²) in [4.78, 5) is 3.97. The lowest BCUT2D eigenvalue weighted by atomic mass is 10.4. The van der Waals surface area contributed by atoms with Crippen LogP contribution in [0.4, 0.5) is 0 Å². The van der Waals surface area contributed by atoms with Gasteiger partial charge in [0.25, 0.3) is 0 Å². The third kappa shape index (κ3) is 0.881. The van der Waals surface area contributed by atoms with E-state index in [0.29, 0.717) is 6.04 Å². The Morgan fingerprint density at radius 2 is 2.71 bits per heavy atom. The van der Waals surface area contributed by atoms with Gasteiger partial charge in [-0.2, -0.15) is 0 Å². The Bertz CT molecular complexity index is 91.7. The van der Waals surface area contributed by atoms with Crippen molar-refractivity contribution < 1.29 is 0 Å². The Balaban J connectivity index is 2.45. The van der Waals surface area contributed by atoms with Crippen LogP contribution >= 0.6 is 12.8 Å². The number of hydrogen-bond donors (Lipinski definition) is 1. The van der Waals surface area contributed by atoms with Crippen LogP contribution in [0.5, 0.6) is 0 Å². The molecule has 1 aliphatic rings. The van der Waals surface area contributed by atoms with Crippen LogP contribution < -0.4 is 0 Å². The van der Waals surface area contributed by atoms with Crippen molar-refractivity contribution in [1.29, 1.82) is 0 Å². The van der Waals surface area contributed by atoms with Crippen molar-refractivity contribution in [3.05, 3.63) is 0 Å². The highest BCUT2D eigenvalue weighted by Crippen LogP contribution is 2.04. The summed E-state index contributed by atoms with van der Waals surface area (Å²) in [7, 11) is 0. The highest BCUT2D eigenvalue weighted by Gasteiger charge is 2.09. The molecule has 0 aromatic rings. The summed E-state index contributed by atoms with van der Waals surface area (Å²) >= 11 is 4.07. The molecule has 1 aliphatic heterocycles. The minimum atomic E-state index is 0.489. The molecule has 0 fully saturated rings. The topological polar surface area (TPSA) is 15.6 Å². The number of rotatable bonds is 0. The molecule has 0 aromatic carbocycles. The first-order valence-electron chi connectivity index (χ1n) is 2.28. The Morgan fingerprint density at radius 1 is 2.00 bits per heavy atom. The van der Waals surface area contributed by atoms with Gasteiger partial charge in [0.2, 0.25) is 0 Å². The van der Waals surface area contributed by atoms with E-state index in [1.807, 2.05) is 0 Å². The van der Waals surface area contributed by atoms with Gasteiger partial charge >= 0.3 is 0 Å². The number of thiol groups is 1. The molecular formula is C4H8N2S. The van der Waals surface area contributed by atoms with Crippen molar-refractivity contribution in [2.24, 2.45) is 4.99 Å². The maximum atomic E-state index is 4.07. The van der Waals surface area contributed by atoms with E-state index < -0.39 is 0 Å². The fourth-order valence-corrected chi connectivity index (χ4v) is 0.627. The largest absolute Gasteiger partial charge is 0.305 e. The van der Waals surface area contributed by atoms with Gasteiger partial charge in [-0.05, 0) is 6.92 Å². The molecule has 1 unspecified atom stereocenters. The van der Waals surface area contributed by atoms with Gasteiger partial charge in [0.1, 0.15) is 0 Å². The number of hydrogen-bond acceptors (Lipinski definition) is 3. The molecule has 40 valence electrons. The van der Waals surface area contributed by atoms with Crippen LogP contribution in [0, 0.1) is 0 Å². The molecule has 0 saturated heterocycles. The molecule has 1 atom stereocenters. The molecule has 7 heavy (non-hydrogen) atoms. The Kier molecular flexibility index (Phi) is 1.23. The molecular weight excluding hydrogens is 108 g/mol. The van der Waals surface area contributed by atoms with E-state index in [9.17, 15) is 0 Å². The fourth-order valence-electron chi connectivity index (χ4n) is 0.481. The summed E-state index contributed by atoms with van der Waals surface area (Å²) in [5.74, 6) is 0. The lowest BCUT2D eigenvalue weighted by Gasteiger charge is -2.09. The van der Waals surface area contributed by atoms with E-state index in [1.54, 1.807) is 10.6 Å². The monoisotopic (exact) mass is 116 g/mol. The summed E-state index contributed by atoms with van der Waals surface area (Å²) in [5, 5.41) is 0. The fraction of sp³-hybridized carbons (Fsp3) is 0.750. The third-order valence-electron chi connectivity index (χ3n) is 1.02. The SMILES string of the molecule is CC1CN=CN1S. The molecule has 0 aliphatic carbocycles. The molecule has 1 heterocycles. The highest BCUT2D eigenvalue weighted by molar-refractivity contribution is 7.78. The van der Waals surface area contributed by atoms with Crippen LogP contribution in [0.15, 0.2) is 4.99 Å². The minimum absolute atomic E-state index is 0.489. The van der Waals surface area contributed by atoms with Gasteiger partial charge in [-0.3, -0.25) is 4.99 Å². The van der Waals surface area contributed by atoms with Crippen LogP contribution in [0.1, 0.15) is 6.92 Å². The molecule has 2 nitrogen and oxygen atoms in total. The summed E-state index contributed by atoms with van der Waals surface area (Å²) in [6.45, 7) is 2.98. The number of nitrogens with zero attached hydrogens (tertiary/aromatic N) is 2. The average molecular weight is 116 g/mol. The second-order valence-electron chi connectivity index (χ2n) is 1.71. The van der Waals surface area contributed by atoms with E-state index in [2.05, 4.69) is 24.7 Å². The molecule has 1 rings (SSSR count). The minimum Gasteiger partial charge on any atom is -0.305 e. The van der Waals surface area contributed by atoms with Gasteiger partial charge < -0.3 is 4.31 Å². The average Bonchev–Trinajstić information content (AvgIpc) is 1.91. The quantitative estimate of drug-likeness (QED) is 0.457. The first-order chi connectivity index (χ1) is 3.30. The summed E-state index contributed by atoms with van der Waals surface area (Å²) in [5.41, 5.74) is 0. The van der Waals surface area contributed by atoms with E-state index >= 15 is 0 Å². The molecule has 0 N–H and O–H groups in total. The van der Waals surface area contributed by atoms with Crippen LogP contribution in [0.2, 0.25) is 0 Å². The van der Waals surface area contributed by atoms with Crippen molar-refractivity contribution in [2.75, 3.05) is 6.54 Å². The van der Waals surface area contributed by atoms with Crippen molar-refractivity contribution in [2.45, 2.75) is 13.0 Å². The van der Waals surface area contributed by atoms with Crippen molar-refractivity contribution >= 4 is 19.2 Å². The van der Waals surface area contributed by atoms with Gasteiger partial charge in [-0.25, -0.2) is 0 Å². The van der Waals surface area contributed by atoms with Crippen molar-refractivity contribution in [1.82, 2.24) is 4.31 Å². The Morgan fingerprint density at radius 3 is 2.86 bits per heavy atom. The molecule has 0 bridgehead atoms. The van der Waals surface area contributed by atoms with E-state index in [0.717, 1.165) is 6.54 Å². The molecule has 3 heteroatoms. The van der Waals surface area contributed by atoms with Crippen LogP contribution in [-0.4, -0.2) is 23.2 Å². The van der Waals surface area contributed by atoms with Crippen LogP contribution in [0.3, 0.4) is 0 Å². The zero-order valence-electron chi connectivity index (χ0n) is 4.20. The standard InChI is InChI=1S/C4H8N2S/c1-4-2-5-3-6(4)7/h3-4,7H,2H2,1H3. The van der Waals surface area contributed by atoms with Crippen LogP contribution in [0.25, 0.3) is 0 Å². The zero-order chi connectivity index (χ0) is 5.28. The predicted octanol–water partition coefficient (Wildman–Crippen LogP) is 0.564. The summed E-state index contributed by atoms with van der Waals surface area (Å²) in [6, 6.07) is 0.489. The molecule has 0 spiro atoms. The lowest BCUT2D eigenvalue weighted by molar-refractivity contribution is 0.576. The normalized spacial score (nSPS) is 29.4. The Labute approximate surface area is 48.8 Å². The Hall–Kier alpha value is -0.180. The number of aliphatic imine (C=N–C) groups is 1. The van der Waals surface area contributed by atoms with E-state index in [4.69, 9.17) is 0 Å². The second kappa shape index (κ2) is 1.74. The summed E-state index contributed by atoms with van der Waals surface area (Å²) < 4.78 is 1.81. The maximum Gasteiger partial charge on any atom is 0.0951 e. The first-order valence-corrected chi connectivity index (χ1v) is 2.68. The third-order valence-corrected chi connectivity index (χ3v) is 1.52. The maximum absolute atomic E-state index is 4.07. The van der Waals surface area contributed by atoms with Crippen molar-refractivity contribution in [3.8, 4) is 0 Å². The van der Waals surface area contributed by atoms with Crippen LogP contribution in [-0.2, 0) is 0 Å². The van der Waals surface area contributed by atoms with E-state index in [-0.39, 0.29) is 0 Å².